The summed E-state index contributed by atoms with van der Waals surface area (Å²) < 4.78 is 1.88. The molecule has 108 valence electrons. The van der Waals surface area contributed by atoms with E-state index < -0.39 is 5.97 Å². The normalized spacial score (nSPS) is 11.2. The maximum absolute atomic E-state index is 11.2. The molecule has 0 bridgehead atoms. The lowest BCUT2D eigenvalue weighted by atomic mass is 10.1. The van der Waals surface area contributed by atoms with Crippen molar-refractivity contribution in [3.8, 4) is 5.69 Å². The van der Waals surface area contributed by atoms with Gasteiger partial charge in [0.1, 0.15) is 9.71 Å². The molecule has 2 heterocycles. The molecular weight excluding hydrogens is 284 g/mol. The molecule has 0 saturated carbocycles. The zero-order valence-corrected chi connectivity index (χ0v) is 13.0. The second kappa shape index (κ2) is 5.00. The zero-order valence-electron chi connectivity index (χ0n) is 12.2. The number of carboxylic acids is 1. The van der Waals surface area contributed by atoms with E-state index in [1.54, 1.807) is 6.07 Å². The van der Waals surface area contributed by atoms with Crippen molar-refractivity contribution >= 4 is 27.5 Å². The van der Waals surface area contributed by atoms with Gasteiger partial charge in [0.2, 0.25) is 0 Å². The SMILES string of the molecule is CCc1nn(-c2ccc(C)cc2C)c2sc(C(=O)O)cc12. The molecule has 3 aromatic rings. The number of aromatic nitrogens is 2. The number of hydrogen-bond acceptors (Lipinski definition) is 3. The number of thiophene rings is 1. The molecular formula is C16H16N2O2S. The van der Waals surface area contributed by atoms with Crippen LogP contribution in [0, 0.1) is 13.8 Å². The fourth-order valence-corrected chi connectivity index (χ4v) is 3.52. The zero-order chi connectivity index (χ0) is 15.1. The molecule has 0 spiro atoms. The van der Waals surface area contributed by atoms with E-state index in [-0.39, 0.29) is 0 Å². The predicted molar refractivity (Wildman–Crippen MR) is 84.8 cm³/mol. The lowest BCUT2D eigenvalue weighted by Crippen LogP contribution is -2.00. The number of nitrogens with zero attached hydrogens (tertiary/aromatic N) is 2. The summed E-state index contributed by atoms with van der Waals surface area (Å²) in [5.74, 6) is -0.884. The Balaban J connectivity index is 2.28. The standard InChI is InChI=1S/C16H16N2O2S/c1-4-12-11-8-14(16(19)20)21-15(11)18(17-12)13-6-5-9(2)7-10(13)3/h5-8H,4H2,1-3H3,(H,19,20). The van der Waals surface area contributed by atoms with Crippen LogP contribution >= 0.6 is 11.3 Å². The fraction of sp³-hybridized carbons (Fsp3) is 0.250. The van der Waals surface area contributed by atoms with E-state index in [1.165, 1.54) is 16.9 Å². The Kier molecular flexibility index (Phi) is 3.29. The van der Waals surface area contributed by atoms with E-state index in [0.29, 0.717) is 4.88 Å². The Hall–Kier alpha value is -2.14. The maximum atomic E-state index is 11.2. The molecule has 1 aromatic carbocycles. The van der Waals surface area contributed by atoms with E-state index in [4.69, 9.17) is 0 Å². The molecule has 0 saturated heterocycles. The lowest BCUT2D eigenvalue weighted by Gasteiger charge is -2.07. The minimum atomic E-state index is -0.884. The van der Waals surface area contributed by atoms with Crippen LogP contribution in [0.2, 0.25) is 0 Å². The summed E-state index contributed by atoms with van der Waals surface area (Å²) in [5, 5.41) is 14.8. The molecule has 0 aliphatic heterocycles. The number of hydrogen-bond donors (Lipinski definition) is 1. The first kappa shape index (κ1) is 13.8. The van der Waals surface area contributed by atoms with Gasteiger partial charge < -0.3 is 5.11 Å². The molecule has 0 fully saturated rings. The highest BCUT2D eigenvalue weighted by Crippen LogP contribution is 2.31. The van der Waals surface area contributed by atoms with Gasteiger partial charge in [-0.25, -0.2) is 9.48 Å². The molecule has 4 nitrogen and oxygen atoms in total. The number of carboxylic acid groups (broad SMARTS) is 1. The highest BCUT2D eigenvalue weighted by molar-refractivity contribution is 7.20. The average Bonchev–Trinajstić information content (AvgIpc) is 2.98. The summed E-state index contributed by atoms with van der Waals surface area (Å²) in [7, 11) is 0. The number of benzene rings is 1. The third-order valence-electron chi connectivity index (χ3n) is 3.56. The second-order valence-electron chi connectivity index (χ2n) is 5.14. The topological polar surface area (TPSA) is 55.1 Å². The third kappa shape index (κ3) is 2.23. The van der Waals surface area contributed by atoms with Crippen molar-refractivity contribution in [2.45, 2.75) is 27.2 Å². The number of aromatic carboxylic acids is 1. The van der Waals surface area contributed by atoms with Crippen LogP contribution in [0.1, 0.15) is 33.4 Å². The number of fused-ring (bicyclic) bond motifs is 1. The van der Waals surface area contributed by atoms with Gasteiger partial charge in [-0.1, -0.05) is 24.6 Å². The summed E-state index contributed by atoms with van der Waals surface area (Å²) in [6.45, 7) is 6.14. The third-order valence-corrected chi connectivity index (χ3v) is 4.66. The van der Waals surface area contributed by atoms with Crippen molar-refractivity contribution in [1.82, 2.24) is 9.78 Å². The summed E-state index contributed by atoms with van der Waals surface area (Å²) >= 11 is 1.28. The fourth-order valence-electron chi connectivity index (χ4n) is 2.54. The number of carbonyl (C=O) groups is 1. The van der Waals surface area contributed by atoms with Gasteiger partial charge in [0, 0.05) is 5.39 Å². The first-order chi connectivity index (χ1) is 10.0. The molecule has 21 heavy (non-hydrogen) atoms. The van der Waals surface area contributed by atoms with Crippen LogP contribution in [0.5, 0.6) is 0 Å². The Bertz CT molecular complexity index is 845. The second-order valence-corrected chi connectivity index (χ2v) is 6.17. The monoisotopic (exact) mass is 300 g/mol. The molecule has 1 N–H and O–H groups in total. The van der Waals surface area contributed by atoms with Crippen molar-refractivity contribution in [1.29, 1.82) is 0 Å². The average molecular weight is 300 g/mol. The van der Waals surface area contributed by atoms with Crippen molar-refractivity contribution in [3.05, 3.63) is 46.0 Å². The van der Waals surface area contributed by atoms with Gasteiger partial charge in [0.15, 0.2) is 0 Å². The number of rotatable bonds is 3. The largest absolute Gasteiger partial charge is 0.477 e. The summed E-state index contributed by atoms with van der Waals surface area (Å²) in [6.07, 6.45) is 0.782. The first-order valence-electron chi connectivity index (χ1n) is 6.83. The Morgan fingerprint density at radius 1 is 1.33 bits per heavy atom. The number of aryl methyl sites for hydroxylation is 3. The van der Waals surface area contributed by atoms with E-state index in [9.17, 15) is 9.90 Å². The molecule has 0 amide bonds. The van der Waals surface area contributed by atoms with Crippen LogP contribution in [-0.2, 0) is 6.42 Å². The van der Waals surface area contributed by atoms with Gasteiger partial charge in [-0.05, 0) is 38.0 Å². The molecule has 5 heteroatoms. The highest BCUT2D eigenvalue weighted by atomic mass is 32.1. The van der Waals surface area contributed by atoms with Gasteiger partial charge >= 0.3 is 5.97 Å². The molecule has 0 aliphatic rings. The maximum Gasteiger partial charge on any atom is 0.345 e. The van der Waals surface area contributed by atoms with Gasteiger partial charge in [-0.15, -0.1) is 11.3 Å². The molecule has 0 unspecified atom stereocenters. The minimum absolute atomic E-state index is 0.357. The first-order valence-corrected chi connectivity index (χ1v) is 7.65. The minimum Gasteiger partial charge on any atom is -0.477 e. The van der Waals surface area contributed by atoms with E-state index in [2.05, 4.69) is 18.1 Å². The van der Waals surface area contributed by atoms with Crippen LogP contribution < -0.4 is 0 Å². The van der Waals surface area contributed by atoms with Crippen LogP contribution in [0.25, 0.3) is 15.9 Å². The van der Waals surface area contributed by atoms with Crippen molar-refractivity contribution in [2.75, 3.05) is 0 Å². The van der Waals surface area contributed by atoms with Crippen LogP contribution in [-0.4, -0.2) is 20.9 Å². The van der Waals surface area contributed by atoms with Crippen molar-refractivity contribution in [2.24, 2.45) is 0 Å². The summed E-state index contributed by atoms with van der Waals surface area (Å²) in [6, 6.07) is 7.93. The van der Waals surface area contributed by atoms with E-state index in [1.807, 2.05) is 30.7 Å². The van der Waals surface area contributed by atoms with Gasteiger partial charge in [0.05, 0.1) is 11.4 Å². The van der Waals surface area contributed by atoms with Crippen LogP contribution in [0.3, 0.4) is 0 Å². The van der Waals surface area contributed by atoms with Crippen molar-refractivity contribution in [3.63, 3.8) is 0 Å². The Labute approximate surface area is 126 Å². The molecule has 3 rings (SSSR count). The lowest BCUT2D eigenvalue weighted by molar-refractivity contribution is 0.0702. The van der Waals surface area contributed by atoms with Crippen molar-refractivity contribution < 1.29 is 9.90 Å². The highest BCUT2D eigenvalue weighted by Gasteiger charge is 2.18. The van der Waals surface area contributed by atoms with E-state index in [0.717, 1.165) is 33.6 Å². The summed E-state index contributed by atoms with van der Waals surface area (Å²) in [4.78, 5) is 12.5. The van der Waals surface area contributed by atoms with Gasteiger partial charge in [-0.2, -0.15) is 5.10 Å². The molecule has 0 radical (unpaired) electrons. The smallest absolute Gasteiger partial charge is 0.345 e. The van der Waals surface area contributed by atoms with E-state index >= 15 is 0 Å². The van der Waals surface area contributed by atoms with Crippen LogP contribution in [0.4, 0.5) is 0 Å². The van der Waals surface area contributed by atoms with Gasteiger partial charge in [-0.3, -0.25) is 0 Å². The molecule has 2 aromatic heterocycles. The Morgan fingerprint density at radius 3 is 2.71 bits per heavy atom. The summed E-state index contributed by atoms with van der Waals surface area (Å²) in [5.41, 5.74) is 4.28. The predicted octanol–water partition coefficient (Wildman–Crippen LogP) is 3.96. The van der Waals surface area contributed by atoms with Gasteiger partial charge in [0.25, 0.3) is 0 Å². The molecule has 0 aliphatic carbocycles. The Morgan fingerprint density at radius 2 is 2.10 bits per heavy atom. The molecule has 0 atom stereocenters. The quantitative estimate of drug-likeness (QED) is 0.796. The van der Waals surface area contributed by atoms with Crippen LogP contribution in [0.15, 0.2) is 24.3 Å².